The summed E-state index contributed by atoms with van der Waals surface area (Å²) in [5.41, 5.74) is 5.82. The summed E-state index contributed by atoms with van der Waals surface area (Å²) in [5, 5.41) is 4.60. The lowest BCUT2D eigenvalue weighted by Gasteiger charge is -2.18. The molecule has 0 saturated carbocycles. The summed E-state index contributed by atoms with van der Waals surface area (Å²) in [6.45, 7) is 8.86. The van der Waals surface area contributed by atoms with Gasteiger partial charge in [0.05, 0.1) is 5.39 Å². The van der Waals surface area contributed by atoms with Crippen molar-refractivity contribution in [2.24, 2.45) is 5.92 Å². The molecule has 2 rings (SSSR count). The van der Waals surface area contributed by atoms with Crippen molar-refractivity contribution >= 4 is 33.3 Å². The van der Waals surface area contributed by atoms with Gasteiger partial charge in [-0.3, -0.25) is 0 Å². The van der Waals surface area contributed by atoms with Crippen LogP contribution in [-0.4, -0.2) is 16.0 Å². The molecule has 3 N–H and O–H groups in total. The van der Waals surface area contributed by atoms with Gasteiger partial charge >= 0.3 is 0 Å². The van der Waals surface area contributed by atoms with Crippen molar-refractivity contribution in [3.8, 4) is 0 Å². The highest BCUT2D eigenvalue weighted by Crippen LogP contribution is 2.30. The summed E-state index contributed by atoms with van der Waals surface area (Å²) >= 11 is 1.70. The quantitative estimate of drug-likeness (QED) is 0.842. The lowest BCUT2D eigenvalue weighted by atomic mass is 10.0. The topological polar surface area (TPSA) is 63.8 Å². The first-order chi connectivity index (χ1) is 9.53. The molecular weight excluding hydrogens is 268 g/mol. The fraction of sp³-hybridized carbons (Fsp3) is 0.600. The van der Waals surface area contributed by atoms with E-state index in [-0.39, 0.29) is 0 Å². The smallest absolute Gasteiger partial charge is 0.223 e. The normalized spacial score (nSPS) is 14.4. The summed E-state index contributed by atoms with van der Waals surface area (Å²) in [6, 6.07) is 2.56. The highest BCUT2D eigenvalue weighted by Gasteiger charge is 2.13. The van der Waals surface area contributed by atoms with Gasteiger partial charge in [0.25, 0.3) is 0 Å². The third kappa shape index (κ3) is 3.39. The minimum atomic E-state index is 0.347. The molecule has 0 radical (unpaired) electrons. The van der Waals surface area contributed by atoms with E-state index in [0.717, 1.165) is 28.9 Å². The van der Waals surface area contributed by atoms with Crippen LogP contribution in [0.3, 0.4) is 0 Å². The van der Waals surface area contributed by atoms with Crippen LogP contribution >= 0.6 is 11.3 Å². The molecule has 5 heteroatoms. The average Bonchev–Trinajstić information content (AvgIpc) is 2.81. The number of thiophene rings is 1. The number of hydrogen-bond acceptors (Lipinski definition) is 5. The highest BCUT2D eigenvalue weighted by molar-refractivity contribution is 7.18. The van der Waals surface area contributed by atoms with E-state index < -0.39 is 0 Å². The predicted octanol–water partition coefficient (Wildman–Crippen LogP) is 4.07. The van der Waals surface area contributed by atoms with Crippen LogP contribution in [0, 0.1) is 5.92 Å². The standard InChI is InChI=1S/C15H24N4S/c1-5-9(3)7-10(4)17-13-12-8-11(6-2)20-14(12)19-15(16)18-13/h8-10H,5-7H2,1-4H3,(H3,16,17,18,19). The average molecular weight is 292 g/mol. The van der Waals surface area contributed by atoms with Gasteiger partial charge in [-0.25, -0.2) is 4.98 Å². The van der Waals surface area contributed by atoms with Crippen LogP contribution in [0.4, 0.5) is 11.8 Å². The van der Waals surface area contributed by atoms with Gasteiger partial charge in [0.15, 0.2) is 0 Å². The molecule has 2 aromatic heterocycles. The summed E-state index contributed by atoms with van der Waals surface area (Å²) < 4.78 is 0. The van der Waals surface area contributed by atoms with Crippen LogP contribution in [0.2, 0.25) is 0 Å². The molecule has 2 atom stereocenters. The molecule has 0 aliphatic rings. The van der Waals surface area contributed by atoms with E-state index >= 15 is 0 Å². The fourth-order valence-electron chi connectivity index (χ4n) is 2.33. The number of nitrogens with zero attached hydrogens (tertiary/aromatic N) is 2. The Morgan fingerprint density at radius 3 is 2.70 bits per heavy atom. The minimum absolute atomic E-state index is 0.347. The second-order valence-electron chi connectivity index (χ2n) is 5.51. The Labute approximate surface area is 124 Å². The molecule has 0 aliphatic heterocycles. The molecule has 0 spiro atoms. The lowest BCUT2D eigenvalue weighted by molar-refractivity contribution is 0.483. The molecule has 110 valence electrons. The summed E-state index contributed by atoms with van der Waals surface area (Å²) in [7, 11) is 0. The molecule has 0 saturated heterocycles. The Morgan fingerprint density at radius 1 is 1.30 bits per heavy atom. The van der Waals surface area contributed by atoms with Crippen molar-refractivity contribution < 1.29 is 0 Å². The zero-order valence-electron chi connectivity index (χ0n) is 12.7. The number of nitrogens with two attached hydrogens (primary N) is 1. The van der Waals surface area contributed by atoms with Crippen molar-refractivity contribution in [1.82, 2.24) is 9.97 Å². The zero-order chi connectivity index (χ0) is 14.7. The first-order valence-corrected chi connectivity index (χ1v) is 8.17. The van der Waals surface area contributed by atoms with Crippen LogP contribution in [0.1, 0.15) is 45.4 Å². The number of hydrogen-bond donors (Lipinski definition) is 2. The molecule has 20 heavy (non-hydrogen) atoms. The van der Waals surface area contributed by atoms with Gasteiger partial charge < -0.3 is 11.1 Å². The maximum atomic E-state index is 5.82. The van der Waals surface area contributed by atoms with Gasteiger partial charge in [-0.1, -0.05) is 27.2 Å². The Morgan fingerprint density at radius 2 is 2.05 bits per heavy atom. The molecule has 0 aromatic carbocycles. The molecular formula is C15H24N4S. The second kappa shape index (κ2) is 6.39. The lowest BCUT2D eigenvalue weighted by Crippen LogP contribution is -2.19. The van der Waals surface area contributed by atoms with E-state index in [1.54, 1.807) is 11.3 Å². The molecule has 2 aromatic rings. The van der Waals surface area contributed by atoms with Gasteiger partial charge in [-0.2, -0.15) is 4.98 Å². The summed E-state index contributed by atoms with van der Waals surface area (Å²) in [4.78, 5) is 11.0. The molecule has 2 unspecified atom stereocenters. The highest BCUT2D eigenvalue weighted by atomic mass is 32.1. The Kier molecular flexibility index (Phi) is 4.81. The van der Waals surface area contributed by atoms with Crippen LogP contribution in [0.25, 0.3) is 10.2 Å². The SMILES string of the molecule is CCc1cc2c(NC(C)CC(C)CC)nc(N)nc2s1. The van der Waals surface area contributed by atoms with E-state index in [1.165, 1.54) is 11.3 Å². The van der Waals surface area contributed by atoms with Gasteiger partial charge in [-0.15, -0.1) is 11.3 Å². The molecule has 0 amide bonds. The Balaban J connectivity index is 2.26. The van der Waals surface area contributed by atoms with Crippen molar-refractivity contribution in [3.63, 3.8) is 0 Å². The van der Waals surface area contributed by atoms with Crippen molar-refractivity contribution in [2.75, 3.05) is 11.1 Å². The van der Waals surface area contributed by atoms with Crippen LogP contribution in [-0.2, 0) is 6.42 Å². The van der Waals surface area contributed by atoms with Gasteiger partial charge in [0.1, 0.15) is 10.6 Å². The fourth-order valence-corrected chi connectivity index (χ4v) is 3.31. The molecule has 0 fully saturated rings. The van der Waals surface area contributed by atoms with Crippen molar-refractivity contribution in [2.45, 2.75) is 53.0 Å². The van der Waals surface area contributed by atoms with E-state index in [1.807, 2.05) is 0 Å². The summed E-state index contributed by atoms with van der Waals surface area (Å²) in [6.07, 6.45) is 3.35. The van der Waals surface area contributed by atoms with Gasteiger partial charge in [0, 0.05) is 10.9 Å². The van der Waals surface area contributed by atoms with Crippen molar-refractivity contribution in [3.05, 3.63) is 10.9 Å². The summed E-state index contributed by atoms with van der Waals surface area (Å²) in [5.74, 6) is 1.93. The minimum Gasteiger partial charge on any atom is -0.368 e. The number of nitrogens with one attached hydrogen (secondary N) is 1. The second-order valence-corrected chi connectivity index (χ2v) is 6.63. The molecule has 4 nitrogen and oxygen atoms in total. The Bertz CT molecular complexity index is 579. The number of anilines is 2. The number of aryl methyl sites for hydroxylation is 1. The van der Waals surface area contributed by atoms with Crippen LogP contribution in [0.5, 0.6) is 0 Å². The first-order valence-electron chi connectivity index (χ1n) is 7.35. The van der Waals surface area contributed by atoms with E-state index in [4.69, 9.17) is 5.73 Å². The van der Waals surface area contributed by atoms with Crippen LogP contribution < -0.4 is 11.1 Å². The van der Waals surface area contributed by atoms with Gasteiger partial charge in [0.2, 0.25) is 5.95 Å². The zero-order valence-corrected chi connectivity index (χ0v) is 13.5. The largest absolute Gasteiger partial charge is 0.368 e. The van der Waals surface area contributed by atoms with E-state index in [2.05, 4.69) is 49.0 Å². The number of nitrogen functional groups attached to an aromatic ring is 1. The number of aromatic nitrogens is 2. The molecule has 0 aliphatic carbocycles. The predicted molar refractivity (Wildman–Crippen MR) is 88.4 cm³/mol. The number of fused-ring (bicyclic) bond motifs is 1. The van der Waals surface area contributed by atoms with E-state index in [0.29, 0.717) is 17.9 Å². The maximum Gasteiger partial charge on any atom is 0.223 e. The first kappa shape index (κ1) is 15.0. The number of rotatable bonds is 6. The van der Waals surface area contributed by atoms with Gasteiger partial charge in [-0.05, 0) is 31.7 Å². The third-order valence-corrected chi connectivity index (χ3v) is 4.82. The third-order valence-electron chi connectivity index (χ3n) is 3.65. The molecule has 2 heterocycles. The van der Waals surface area contributed by atoms with E-state index in [9.17, 15) is 0 Å². The van der Waals surface area contributed by atoms with Crippen LogP contribution in [0.15, 0.2) is 6.07 Å². The maximum absolute atomic E-state index is 5.82. The monoisotopic (exact) mass is 292 g/mol. The Hall–Kier alpha value is -1.36. The molecule has 0 bridgehead atoms. The van der Waals surface area contributed by atoms with Crippen molar-refractivity contribution in [1.29, 1.82) is 0 Å².